The number of nitrogens with one attached hydrogen (secondary N) is 1. The van der Waals surface area contributed by atoms with E-state index in [4.69, 9.17) is 14.2 Å². The van der Waals surface area contributed by atoms with Gasteiger partial charge in [0.05, 0.1) is 27.0 Å². The van der Waals surface area contributed by atoms with Crippen LogP contribution in [0.25, 0.3) is 11.3 Å². The van der Waals surface area contributed by atoms with Crippen LogP contribution in [-0.2, 0) is 12.8 Å². The Morgan fingerprint density at radius 1 is 0.952 bits per heavy atom. The van der Waals surface area contributed by atoms with Gasteiger partial charge in [-0.25, -0.2) is 0 Å². The molecule has 5 heteroatoms. The van der Waals surface area contributed by atoms with Crippen LogP contribution in [-0.4, -0.2) is 31.5 Å². The second kappa shape index (κ2) is 5.68. The fourth-order valence-electron chi connectivity index (χ4n) is 2.94. The highest BCUT2D eigenvalue weighted by Crippen LogP contribution is 2.42. The Hall–Kier alpha value is -2.17. The lowest BCUT2D eigenvalue weighted by Gasteiger charge is -2.15. The zero-order valence-corrected chi connectivity index (χ0v) is 12.7. The molecule has 0 aliphatic heterocycles. The number of ether oxygens (including phenoxy) is 3. The molecule has 0 radical (unpaired) electrons. The van der Waals surface area contributed by atoms with Crippen LogP contribution in [0.15, 0.2) is 12.1 Å². The summed E-state index contributed by atoms with van der Waals surface area (Å²) in [6.45, 7) is 0. The summed E-state index contributed by atoms with van der Waals surface area (Å²) in [5.74, 6) is 1.91. The molecule has 0 fully saturated rings. The van der Waals surface area contributed by atoms with Gasteiger partial charge in [-0.05, 0) is 37.8 Å². The predicted molar refractivity (Wildman–Crippen MR) is 80.3 cm³/mol. The predicted octanol–water partition coefficient (Wildman–Crippen LogP) is 2.98. The average Bonchev–Trinajstić information content (AvgIpc) is 2.97. The smallest absolute Gasteiger partial charge is 0.203 e. The summed E-state index contributed by atoms with van der Waals surface area (Å²) in [6, 6.07) is 3.90. The van der Waals surface area contributed by atoms with Crippen LogP contribution in [0.2, 0.25) is 0 Å². The molecule has 0 unspecified atom stereocenters. The highest BCUT2D eigenvalue weighted by atomic mass is 16.5. The maximum atomic E-state index is 5.42. The van der Waals surface area contributed by atoms with E-state index in [1.54, 1.807) is 21.3 Å². The molecule has 1 N–H and O–H groups in total. The summed E-state index contributed by atoms with van der Waals surface area (Å²) in [4.78, 5) is 0. The number of hydrogen-bond acceptors (Lipinski definition) is 4. The number of aryl methyl sites for hydroxylation is 1. The second-order valence-corrected chi connectivity index (χ2v) is 5.15. The Morgan fingerprint density at radius 2 is 1.62 bits per heavy atom. The quantitative estimate of drug-likeness (QED) is 0.939. The van der Waals surface area contributed by atoms with Crippen LogP contribution < -0.4 is 14.2 Å². The van der Waals surface area contributed by atoms with Crippen LogP contribution in [0.5, 0.6) is 17.2 Å². The molecule has 0 bridgehead atoms. The lowest BCUT2D eigenvalue weighted by atomic mass is 9.93. The molecule has 1 aliphatic carbocycles. The molecule has 2 aromatic rings. The van der Waals surface area contributed by atoms with E-state index in [0.29, 0.717) is 17.2 Å². The molecule has 1 aliphatic rings. The summed E-state index contributed by atoms with van der Waals surface area (Å²) >= 11 is 0. The van der Waals surface area contributed by atoms with Crippen LogP contribution in [0.4, 0.5) is 0 Å². The van der Waals surface area contributed by atoms with Crippen LogP contribution in [0, 0.1) is 0 Å². The molecule has 1 heterocycles. The number of hydrogen-bond donors (Lipinski definition) is 1. The number of aromatic nitrogens is 2. The van der Waals surface area contributed by atoms with Gasteiger partial charge in [-0.2, -0.15) is 5.10 Å². The largest absolute Gasteiger partial charge is 0.493 e. The minimum atomic E-state index is 0.605. The van der Waals surface area contributed by atoms with Gasteiger partial charge in [-0.15, -0.1) is 0 Å². The third kappa shape index (κ3) is 2.33. The van der Waals surface area contributed by atoms with Crippen LogP contribution >= 0.6 is 0 Å². The van der Waals surface area contributed by atoms with Gasteiger partial charge in [0.15, 0.2) is 11.5 Å². The second-order valence-electron chi connectivity index (χ2n) is 5.15. The molecular formula is C16H20N2O3. The van der Waals surface area contributed by atoms with Crippen molar-refractivity contribution < 1.29 is 14.2 Å². The number of aromatic amines is 1. The van der Waals surface area contributed by atoms with Gasteiger partial charge in [-0.3, -0.25) is 5.10 Å². The van der Waals surface area contributed by atoms with Crippen molar-refractivity contribution in [3.05, 3.63) is 23.4 Å². The summed E-state index contributed by atoms with van der Waals surface area (Å²) in [5, 5.41) is 7.66. The molecule has 1 aromatic carbocycles. The zero-order chi connectivity index (χ0) is 14.8. The summed E-state index contributed by atoms with van der Waals surface area (Å²) in [6.07, 6.45) is 4.58. The lowest BCUT2D eigenvalue weighted by molar-refractivity contribution is 0.324. The highest BCUT2D eigenvalue weighted by molar-refractivity contribution is 5.71. The number of fused-ring (bicyclic) bond motifs is 1. The Bertz CT molecular complexity index is 624. The minimum absolute atomic E-state index is 0.605. The first-order chi connectivity index (χ1) is 10.3. The van der Waals surface area contributed by atoms with Gasteiger partial charge in [-0.1, -0.05) is 0 Å². The van der Waals surface area contributed by atoms with Gasteiger partial charge in [0.2, 0.25) is 5.75 Å². The SMILES string of the molecule is COc1cc(-c2n[nH]c3c2CCCC3)cc(OC)c1OC. The maximum absolute atomic E-state index is 5.42. The van der Waals surface area contributed by atoms with Gasteiger partial charge >= 0.3 is 0 Å². The molecule has 21 heavy (non-hydrogen) atoms. The van der Waals surface area contributed by atoms with E-state index in [1.807, 2.05) is 12.1 Å². The molecular weight excluding hydrogens is 268 g/mol. The Labute approximate surface area is 124 Å². The molecule has 112 valence electrons. The summed E-state index contributed by atoms with van der Waals surface area (Å²) in [5.41, 5.74) is 4.55. The van der Waals surface area contributed by atoms with Gasteiger partial charge in [0, 0.05) is 16.8 Å². The van der Waals surface area contributed by atoms with Crippen molar-refractivity contribution in [1.82, 2.24) is 10.2 Å². The normalized spacial score (nSPS) is 13.7. The van der Waals surface area contributed by atoms with Crippen LogP contribution in [0.1, 0.15) is 24.1 Å². The number of methoxy groups -OCH3 is 3. The standard InChI is InChI=1S/C16H20N2O3/c1-19-13-8-10(9-14(20-2)16(13)21-3)15-11-6-4-5-7-12(11)17-18-15/h8-9H,4-7H2,1-3H3,(H,17,18). The number of rotatable bonds is 4. The third-order valence-corrected chi connectivity index (χ3v) is 3.99. The first-order valence-electron chi connectivity index (χ1n) is 7.15. The van der Waals surface area contributed by atoms with E-state index < -0.39 is 0 Å². The number of H-pyrrole nitrogens is 1. The average molecular weight is 288 g/mol. The first kappa shape index (κ1) is 13.8. The number of benzene rings is 1. The molecule has 0 atom stereocenters. The molecule has 3 rings (SSSR count). The molecule has 0 saturated carbocycles. The molecule has 5 nitrogen and oxygen atoms in total. The van der Waals surface area contributed by atoms with Crippen molar-refractivity contribution >= 4 is 0 Å². The maximum Gasteiger partial charge on any atom is 0.203 e. The van der Waals surface area contributed by atoms with E-state index in [0.717, 1.165) is 24.1 Å². The van der Waals surface area contributed by atoms with Crippen molar-refractivity contribution in [3.8, 4) is 28.5 Å². The van der Waals surface area contributed by atoms with Crippen molar-refractivity contribution in [2.75, 3.05) is 21.3 Å². The van der Waals surface area contributed by atoms with Crippen molar-refractivity contribution in [1.29, 1.82) is 0 Å². The van der Waals surface area contributed by atoms with Crippen molar-refractivity contribution in [2.45, 2.75) is 25.7 Å². The third-order valence-electron chi connectivity index (χ3n) is 3.99. The highest BCUT2D eigenvalue weighted by Gasteiger charge is 2.21. The fraction of sp³-hybridized carbons (Fsp3) is 0.438. The first-order valence-corrected chi connectivity index (χ1v) is 7.15. The molecule has 0 saturated heterocycles. The van der Waals surface area contributed by atoms with E-state index >= 15 is 0 Å². The van der Waals surface area contributed by atoms with Crippen molar-refractivity contribution in [3.63, 3.8) is 0 Å². The molecule has 1 aromatic heterocycles. The topological polar surface area (TPSA) is 56.4 Å². The van der Waals surface area contributed by atoms with E-state index in [2.05, 4.69) is 10.2 Å². The van der Waals surface area contributed by atoms with E-state index in [9.17, 15) is 0 Å². The zero-order valence-electron chi connectivity index (χ0n) is 12.7. The van der Waals surface area contributed by atoms with Gasteiger partial charge in [0.25, 0.3) is 0 Å². The fourth-order valence-corrected chi connectivity index (χ4v) is 2.94. The molecule has 0 spiro atoms. The summed E-state index contributed by atoms with van der Waals surface area (Å²) in [7, 11) is 4.86. The van der Waals surface area contributed by atoms with E-state index in [1.165, 1.54) is 24.1 Å². The molecule has 0 amide bonds. The Kier molecular flexibility index (Phi) is 3.73. The minimum Gasteiger partial charge on any atom is -0.493 e. The van der Waals surface area contributed by atoms with Gasteiger partial charge in [0.1, 0.15) is 0 Å². The monoisotopic (exact) mass is 288 g/mol. The number of nitrogens with zero attached hydrogens (tertiary/aromatic N) is 1. The van der Waals surface area contributed by atoms with Crippen LogP contribution in [0.3, 0.4) is 0 Å². The summed E-state index contributed by atoms with van der Waals surface area (Å²) < 4.78 is 16.2. The van der Waals surface area contributed by atoms with Crippen molar-refractivity contribution in [2.24, 2.45) is 0 Å². The van der Waals surface area contributed by atoms with Gasteiger partial charge < -0.3 is 14.2 Å². The lowest BCUT2D eigenvalue weighted by Crippen LogP contribution is -2.01. The van der Waals surface area contributed by atoms with E-state index in [-0.39, 0.29) is 0 Å². The Morgan fingerprint density at radius 3 is 2.24 bits per heavy atom. The Balaban J connectivity index is 2.12.